The summed E-state index contributed by atoms with van der Waals surface area (Å²) < 4.78 is 38.6. The predicted octanol–water partition coefficient (Wildman–Crippen LogP) is 3.93. The van der Waals surface area contributed by atoms with E-state index in [1.54, 1.807) is 0 Å². The standard InChI is InChI=1S/C11H8BrClF3NO/c12-7-2-1-6(5-8(7)13)9(18)17-10(3-4-10)11(14,15)16/h1-2,5H,3-4H2,(H,17,18). The van der Waals surface area contributed by atoms with E-state index >= 15 is 0 Å². The van der Waals surface area contributed by atoms with Crippen LogP contribution in [0.2, 0.25) is 5.02 Å². The van der Waals surface area contributed by atoms with Crippen molar-refractivity contribution in [2.75, 3.05) is 0 Å². The van der Waals surface area contributed by atoms with Crippen molar-refractivity contribution in [2.24, 2.45) is 0 Å². The number of amides is 1. The van der Waals surface area contributed by atoms with Crippen molar-refractivity contribution >= 4 is 33.4 Å². The lowest BCUT2D eigenvalue weighted by Crippen LogP contribution is -2.47. The fourth-order valence-corrected chi connectivity index (χ4v) is 1.96. The van der Waals surface area contributed by atoms with Crippen LogP contribution in [0.4, 0.5) is 13.2 Å². The average Bonchev–Trinajstić information content (AvgIpc) is 3.02. The molecule has 1 saturated carbocycles. The minimum absolute atomic E-state index is 0.0769. The van der Waals surface area contributed by atoms with Crippen molar-refractivity contribution < 1.29 is 18.0 Å². The highest BCUT2D eigenvalue weighted by molar-refractivity contribution is 9.10. The van der Waals surface area contributed by atoms with Gasteiger partial charge in [0.1, 0.15) is 5.54 Å². The molecule has 18 heavy (non-hydrogen) atoms. The van der Waals surface area contributed by atoms with Crippen molar-refractivity contribution in [1.82, 2.24) is 5.32 Å². The minimum Gasteiger partial charge on any atom is -0.338 e. The first kappa shape index (κ1) is 13.7. The van der Waals surface area contributed by atoms with Crippen LogP contribution >= 0.6 is 27.5 Å². The maximum atomic E-state index is 12.7. The van der Waals surface area contributed by atoms with Crippen molar-refractivity contribution in [3.8, 4) is 0 Å². The monoisotopic (exact) mass is 341 g/mol. The lowest BCUT2D eigenvalue weighted by Gasteiger charge is -2.20. The molecule has 0 aromatic heterocycles. The summed E-state index contributed by atoms with van der Waals surface area (Å²) in [7, 11) is 0. The SMILES string of the molecule is O=C(NC1(C(F)(F)F)CC1)c1ccc(Br)c(Cl)c1. The van der Waals surface area contributed by atoms with Crippen LogP contribution in [-0.2, 0) is 0 Å². The van der Waals surface area contributed by atoms with E-state index in [0.29, 0.717) is 4.47 Å². The van der Waals surface area contributed by atoms with E-state index in [1.807, 2.05) is 5.32 Å². The molecular weight excluding hydrogens is 334 g/mol. The van der Waals surface area contributed by atoms with Gasteiger partial charge in [-0.2, -0.15) is 13.2 Å². The topological polar surface area (TPSA) is 29.1 Å². The Morgan fingerprint density at radius 1 is 1.39 bits per heavy atom. The normalized spacial score (nSPS) is 17.4. The van der Waals surface area contributed by atoms with E-state index < -0.39 is 17.6 Å². The highest BCUT2D eigenvalue weighted by Gasteiger charge is 2.64. The summed E-state index contributed by atoms with van der Waals surface area (Å²) in [4.78, 5) is 11.7. The third-order valence-electron chi connectivity index (χ3n) is 2.83. The molecule has 0 aliphatic heterocycles. The number of rotatable bonds is 2. The highest BCUT2D eigenvalue weighted by Crippen LogP contribution is 2.49. The first-order valence-corrected chi connectivity index (χ1v) is 6.27. The van der Waals surface area contributed by atoms with E-state index in [2.05, 4.69) is 15.9 Å². The molecule has 1 aromatic carbocycles. The molecule has 0 atom stereocenters. The van der Waals surface area contributed by atoms with Gasteiger partial charge < -0.3 is 5.32 Å². The van der Waals surface area contributed by atoms with E-state index in [0.717, 1.165) is 0 Å². The fourth-order valence-electron chi connectivity index (χ4n) is 1.53. The van der Waals surface area contributed by atoms with Crippen molar-refractivity contribution in [1.29, 1.82) is 0 Å². The number of hydrogen-bond donors (Lipinski definition) is 1. The van der Waals surface area contributed by atoms with Crippen LogP contribution < -0.4 is 5.32 Å². The maximum Gasteiger partial charge on any atom is 0.411 e. The molecule has 0 bridgehead atoms. The molecule has 0 radical (unpaired) electrons. The smallest absolute Gasteiger partial charge is 0.338 e. The molecule has 0 heterocycles. The van der Waals surface area contributed by atoms with E-state index in [-0.39, 0.29) is 23.4 Å². The summed E-state index contributed by atoms with van der Waals surface area (Å²) in [5.74, 6) is -0.765. The quantitative estimate of drug-likeness (QED) is 0.867. The lowest BCUT2D eigenvalue weighted by atomic mass is 10.2. The number of benzene rings is 1. The van der Waals surface area contributed by atoms with Gasteiger partial charge in [0, 0.05) is 10.0 Å². The van der Waals surface area contributed by atoms with Crippen LogP contribution in [0.3, 0.4) is 0 Å². The van der Waals surface area contributed by atoms with E-state index in [1.165, 1.54) is 18.2 Å². The van der Waals surface area contributed by atoms with Crippen LogP contribution in [0.5, 0.6) is 0 Å². The van der Waals surface area contributed by atoms with Gasteiger partial charge in [-0.15, -0.1) is 0 Å². The molecule has 2 rings (SSSR count). The van der Waals surface area contributed by atoms with Gasteiger partial charge in [-0.1, -0.05) is 11.6 Å². The molecule has 7 heteroatoms. The molecule has 1 aromatic rings. The van der Waals surface area contributed by atoms with Gasteiger partial charge in [0.05, 0.1) is 5.02 Å². The summed E-state index contributed by atoms with van der Waals surface area (Å²) in [5, 5.41) is 2.31. The zero-order valence-electron chi connectivity index (χ0n) is 8.94. The third-order valence-corrected chi connectivity index (χ3v) is 4.06. The van der Waals surface area contributed by atoms with Gasteiger partial charge in [0.15, 0.2) is 0 Å². The Morgan fingerprint density at radius 2 is 2.00 bits per heavy atom. The Morgan fingerprint density at radius 3 is 2.44 bits per heavy atom. The molecule has 1 amide bonds. The number of halogens is 5. The molecule has 2 nitrogen and oxygen atoms in total. The van der Waals surface area contributed by atoms with Gasteiger partial charge in [0.25, 0.3) is 5.91 Å². The van der Waals surface area contributed by atoms with E-state index in [4.69, 9.17) is 11.6 Å². The largest absolute Gasteiger partial charge is 0.411 e. The maximum absolute atomic E-state index is 12.7. The summed E-state index contributed by atoms with van der Waals surface area (Å²) in [5.41, 5.74) is -1.94. The summed E-state index contributed by atoms with van der Waals surface area (Å²) >= 11 is 8.93. The Kier molecular flexibility index (Phi) is 3.36. The van der Waals surface area contributed by atoms with Crippen LogP contribution in [0.15, 0.2) is 22.7 Å². The Bertz CT molecular complexity index is 500. The minimum atomic E-state index is -4.41. The first-order chi connectivity index (χ1) is 8.25. The van der Waals surface area contributed by atoms with Gasteiger partial charge in [-0.3, -0.25) is 4.79 Å². The number of alkyl halides is 3. The molecule has 98 valence electrons. The number of carbonyl (C=O) groups is 1. The molecule has 0 saturated heterocycles. The van der Waals surface area contributed by atoms with Crippen LogP contribution in [0, 0.1) is 0 Å². The number of nitrogens with one attached hydrogen (secondary N) is 1. The summed E-state index contributed by atoms with van der Waals surface area (Å²) in [6.07, 6.45) is -4.57. The number of carbonyl (C=O) groups excluding carboxylic acids is 1. The molecule has 1 fully saturated rings. The number of hydrogen-bond acceptors (Lipinski definition) is 1. The van der Waals surface area contributed by atoms with Gasteiger partial charge in [-0.25, -0.2) is 0 Å². The van der Waals surface area contributed by atoms with Gasteiger partial charge in [0.2, 0.25) is 0 Å². The fraction of sp³-hybridized carbons (Fsp3) is 0.364. The zero-order valence-corrected chi connectivity index (χ0v) is 11.3. The molecule has 0 unspecified atom stereocenters. The van der Waals surface area contributed by atoms with Gasteiger partial charge >= 0.3 is 6.18 Å². The second-order valence-electron chi connectivity index (χ2n) is 4.16. The first-order valence-electron chi connectivity index (χ1n) is 5.09. The summed E-state index contributed by atoms with van der Waals surface area (Å²) in [6.45, 7) is 0. The Labute approximate surface area is 115 Å². The van der Waals surface area contributed by atoms with Crippen LogP contribution in [-0.4, -0.2) is 17.6 Å². The molecule has 0 spiro atoms. The predicted molar refractivity (Wildman–Crippen MR) is 64.6 cm³/mol. The van der Waals surface area contributed by atoms with Crippen molar-refractivity contribution in [2.45, 2.75) is 24.6 Å². The van der Waals surface area contributed by atoms with E-state index in [9.17, 15) is 18.0 Å². The van der Waals surface area contributed by atoms with Crippen molar-refractivity contribution in [3.05, 3.63) is 33.3 Å². The van der Waals surface area contributed by atoms with Crippen LogP contribution in [0.25, 0.3) is 0 Å². The van der Waals surface area contributed by atoms with Gasteiger partial charge in [-0.05, 0) is 47.0 Å². The third kappa shape index (κ3) is 2.49. The average molecular weight is 343 g/mol. The molecule has 1 aliphatic carbocycles. The second kappa shape index (κ2) is 4.42. The van der Waals surface area contributed by atoms with Crippen molar-refractivity contribution in [3.63, 3.8) is 0 Å². The molecule has 1 N–H and O–H groups in total. The summed E-state index contributed by atoms with van der Waals surface area (Å²) in [6, 6.07) is 4.26. The zero-order chi connectivity index (χ0) is 13.6. The highest BCUT2D eigenvalue weighted by atomic mass is 79.9. The molecular formula is C11H8BrClF3NO. The lowest BCUT2D eigenvalue weighted by molar-refractivity contribution is -0.163. The Hall–Kier alpha value is -0.750. The molecule has 1 aliphatic rings. The second-order valence-corrected chi connectivity index (χ2v) is 5.42. The van der Waals surface area contributed by atoms with Crippen LogP contribution in [0.1, 0.15) is 23.2 Å². The Balaban J connectivity index is 2.16.